The molecule has 0 unspecified atom stereocenters. The molecule has 3 aromatic rings. The molecule has 144 valence electrons. The van der Waals surface area contributed by atoms with Gasteiger partial charge in [0.15, 0.2) is 0 Å². The van der Waals surface area contributed by atoms with Crippen molar-refractivity contribution in [1.82, 2.24) is 4.98 Å². The second-order valence-corrected chi connectivity index (χ2v) is 6.37. The maximum absolute atomic E-state index is 12.2. The summed E-state index contributed by atoms with van der Waals surface area (Å²) in [6, 6.07) is 15.8. The zero-order valence-electron chi connectivity index (χ0n) is 15.3. The van der Waals surface area contributed by atoms with E-state index in [0.717, 1.165) is 0 Å². The van der Waals surface area contributed by atoms with E-state index in [-0.39, 0.29) is 29.1 Å². The summed E-state index contributed by atoms with van der Waals surface area (Å²) in [6.07, 6.45) is 0. The Balaban J connectivity index is 2.11. The maximum Gasteiger partial charge on any atom is 0.268 e. The molecule has 3 rings (SSSR count). The standard InChI is InChI=1S/C21H15ClN4O3/c1-28-17-7-6-12(8-13(17)11-29-18-5-3-2-4-16(18)22)19-14(9-23)20(25)26-21(27)15(19)10-24/h2-8H,11H2,1H3,(H3,25,26,27). The number of aromatic amines is 1. The number of benzene rings is 2. The first kappa shape index (κ1) is 19.8. The number of ether oxygens (including phenoxy) is 2. The van der Waals surface area contributed by atoms with Crippen LogP contribution in [0.15, 0.2) is 47.3 Å². The van der Waals surface area contributed by atoms with E-state index in [1.807, 2.05) is 12.1 Å². The number of anilines is 1. The number of pyridine rings is 1. The van der Waals surface area contributed by atoms with E-state index in [1.165, 1.54) is 7.11 Å². The van der Waals surface area contributed by atoms with Crippen molar-refractivity contribution in [3.05, 3.63) is 74.5 Å². The lowest BCUT2D eigenvalue weighted by molar-refractivity contribution is 0.297. The number of methoxy groups -OCH3 is 1. The zero-order chi connectivity index (χ0) is 21.0. The van der Waals surface area contributed by atoms with Crippen molar-refractivity contribution in [2.24, 2.45) is 0 Å². The fourth-order valence-corrected chi connectivity index (χ4v) is 3.09. The monoisotopic (exact) mass is 406 g/mol. The molecule has 0 aliphatic rings. The Morgan fingerprint density at radius 3 is 2.48 bits per heavy atom. The molecule has 0 aliphatic carbocycles. The predicted molar refractivity (Wildman–Crippen MR) is 109 cm³/mol. The average molecular weight is 407 g/mol. The molecule has 1 aromatic heterocycles. The minimum absolute atomic E-state index is 0.0179. The molecule has 3 N–H and O–H groups in total. The smallest absolute Gasteiger partial charge is 0.268 e. The van der Waals surface area contributed by atoms with Gasteiger partial charge in [0.2, 0.25) is 0 Å². The molecule has 7 nitrogen and oxygen atoms in total. The first-order valence-electron chi connectivity index (χ1n) is 8.40. The SMILES string of the molecule is COc1ccc(-c2c(C#N)c(N)[nH]c(=O)c2C#N)cc1COc1ccccc1Cl. The van der Waals surface area contributed by atoms with Crippen LogP contribution in [-0.4, -0.2) is 12.1 Å². The van der Waals surface area contributed by atoms with E-state index in [0.29, 0.717) is 27.6 Å². The number of hydrogen-bond donors (Lipinski definition) is 2. The van der Waals surface area contributed by atoms with Crippen LogP contribution in [0.1, 0.15) is 16.7 Å². The Kier molecular flexibility index (Phi) is 5.73. The van der Waals surface area contributed by atoms with E-state index in [4.69, 9.17) is 26.8 Å². The number of aromatic nitrogens is 1. The first-order chi connectivity index (χ1) is 14.0. The Bertz CT molecular complexity index is 1220. The second kappa shape index (κ2) is 8.39. The normalized spacial score (nSPS) is 10.1. The Morgan fingerprint density at radius 1 is 1.10 bits per heavy atom. The number of halogens is 1. The molecule has 1 heterocycles. The van der Waals surface area contributed by atoms with E-state index in [2.05, 4.69) is 4.98 Å². The van der Waals surface area contributed by atoms with Gasteiger partial charge in [0.25, 0.3) is 5.56 Å². The van der Waals surface area contributed by atoms with Crippen molar-refractivity contribution in [2.75, 3.05) is 12.8 Å². The van der Waals surface area contributed by atoms with E-state index in [9.17, 15) is 15.3 Å². The zero-order valence-corrected chi connectivity index (χ0v) is 16.1. The number of nitrogen functional groups attached to an aromatic ring is 1. The third-order valence-electron chi connectivity index (χ3n) is 4.26. The van der Waals surface area contributed by atoms with Crippen molar-refractivity contribution >= 4 is 17.4 Å². The van der Waals surface area contributed by atoms with Crippen LogP contribution in [0.3, 0.4) is 0 Å². The molecule has 0 aliphatic heterocycles. The van der Waals surface area contributed by atoms with Crippen LogP contribution < -0.4 is 20.8 Å². The van der Waals surface area contributed by atoms with Gasteiger partial charge < -0.3 is 20.2 Å². The van der Waals surface area contributed by atoms with Crippen molar-refractivity contribution in [3.63, 3.8) is 0 Å². The lowest BCUT2D eigenvalue weighted by Crippen LogP contribution is -2.16. The summed E-state index contributed by atoms with van der Waals surface area (Å²) in [6.45, 7) is 0.114. The van der Waals surface area contributed by atoms with Gasteiger partial charge in [0.05, 0.1) is 12.1 Å². The lowest BCUT2D eigenvalue weighted by atomic mass is 9.95. The molecule has 0 saturated carbocycles. The molecular weight excluding hydrogens is 392 g/mol. The fraction of sp³-hybridized carbons (Fsp3) is 0.0952. The van der Waals surface area contributed by atoms with Gasteiger partial charge >= 0.3 is 0 Å². The number of nitrogens with zero attached hydrogens (tertiary/aromatic N) is 2. The highest BCUT2D eigenvalue weighted by Crippen LogP contribution is 2.33. The molecule has 0 saturated heterocycles. The van der Waals surface area contributed by atoms with Crippen LogP contribution in [0.4, 0.5) is 5.82 Å². The molecule has 29 heavy (non-hydrogen) atoms. The number of hydrogen-bond acceptors (Lipinski definition) is 6. The summed E-state index contributed by atoms with van der Waals surface area (Å²) in [4.78, 5) is 14.5. The molecule has 0 spiro atoms. The van der Waals surface area contributed by atoms with Gasteiger partial charge in [-0.1, -0.05) is 29.8 Å². The molecule has 0 bridgehead atoms. The maximum atomic E-state index is 12.2. The third kappa shape index (κ3) is 3.86. The number of nitrogens with one attached hydrogen (secondary N) is 1. The van der Waals surface area contributed by atoms with Crippen LogP contribution in [0, 0.1) is 22.7 Å². The molecule has 2 aromatic carbocycles. The molecule has 0 amide bonds. The minimum atomic E-state index is -0.663. The van der Waals surface area contributed by atoms with Crippen LogP contribution in [0.2, 0.25) is 5.02 Å². The highest BCUT2D eigenvalue weighted by molar-refractivity contribution is 6.32. The molecule has 8 heteroatoms. The molecule has 0 radical (unpaired) electrons. The van der Waals surface area contributed by atoms with Gasteiger partial charge in [-0.05, 0) is 29.8 Å². The topological polar surface area (TPSA) is 125 Å². The van der Waals surface area contributed by atoms with Crippen LogP contribution in [0.5, 0.6) is 11.5 Å². The Hall–Kier alpha value is -3.94. The molecule has 0 atom stereocenters. The lowest BCUT2D eigenvalue weighted by Gasteiger charge is -2.14. The highest BCUT2D eigenvalue weighted by Gasteiger charge is 2.19. The minimum Gasteiger partial charge on any atom is -0.496 e. The number of nitrogens with two attached hydrogens (primary N) is 1. The van der Waals surface area contributed by atoms with Gasteiger partial charge in [-0.2, -0.15) is 10.5 Å². The second-order valence-electron chi connectivity index (χ2n) is 5.96. The van der Waals surface area contributed by atoms with Crippen LogP contribution in [0.25, 0.3) is 11.1 Å². The van der Waals surface area contributed by atoms with E-state index < -0.39 is 5.56 Å². The van der Waals surface area contributed by atoms with Gasteiger partial charge in [-0.25, -0.2) is 0 Å². The van der Waals surface area contributed by atoms with Crippen molar-refractivity contribution < 1.29 is 9.47 Å². The predicted octanol–water partition coefficient (Wildman–Crippen LogP) is 3.61. The van der Waals surface area contributed by atoms with Gasteiger partial charge in [0.1, 0.15) is 47.2 Å². The Morgan fingerprint density at radius 2 is 1.83 bits per heavy atom. The third-order valence-corrected chi connectivity index (χ3v) is 4.57. The number of nitriles is 2. The van der Waals surface area contributed by atoms with E-state index in [1.54, 1.807) is 42.5 Å². The van der Waals surface area contributed by atoms with E-state index >= 15 is 0 Å². The van der Waals surface area contributed by atoms with Gasteiger partial charge in [-0.15, -0.1) is 0 Å². The number of rotatable bonds is 5. The summed E-state index contributed by atoms with van der Waals surface area (Å²) < 4.78 is 11.2. The molecule has 0 fully saturated rings. The van der Waals surface area contributed by atoms with Gasteiger partial charge in [-0.3, -0.25) is 4.79 Å². The summed E-state index contributed by atoms with van der Waals surface area (Å²) >= 11 is 6.12. The average Bonchev–Trinajstić information content (AvgIpc) is 2.72. The largest absolute Gasteiger partial charge is 0.496 e. The summed E-state index contributed by atoms with van der Waals surface area (Å²) in [5.41, 5.74) is 6.21. The molecular formula is C21H15ClN4O3. The fourth-order valence-electron chi connectivity index (χ4n) is 2.90. The van der Waals surface area contributed by atoms with Crippen molar-refractivity contribution in [2.45, 2.75) is 6.61 Å². The van der Waals surface area contributed by atoms with Crippen molar-refractivity contribution in [3.8, 4) is 34.8 Å². The summed E-state index contributed by atoms with van der Waals surface area (Å²) in [5.74, 6) is 0.935. The summed E-state index contributed by atoms with van der Waals surface area (Å²) in [5, 5.41) is 19.4. The number of para-hydroxylation sites is 1. The first-order valence-corrected chi connectivity index (χ1v) is 8.78. The highest BCUT2D eigenvalue weighted by atomic mass is 35.5. The summed E-state index contributed by atoms with van der Waals surface area (Å²) in [7, 11) is 1.51. The Labute approximate surface area is 171 Å². The quantitative estimate of drug-likeness (QED) is 0.666. The van der Waals surface area contributed by atoms with Crippen LogP contribution in [-0.2, 0) is 6.61 Å². The van der Waals surface area contributed by atoms with Gasteiger partial charge in [0, 0.05) is 11.1 Å². The number of H-pyrrole nitrogens is 1. The van der Waals surface area contributed by atoms with Crippen LogP contribution >= 0.6 is 11.6 Å². The van der Waals surface area contributed by atoms with Crippen molar-refractivity contribution in [1.29, 1.82) is 10.5 Å².